The lowest BCUT2D eigenvalue weighted by Gasteiger charge is -2.13. The van der Waals surface area contributed by atoms with Crippen molar-refractivity contribution in [2.45, 2.75) is 13.3 Å². The molecule has 0 aliphatic rings. The summed E-state index contributed by atoms with van der Waals surface area (Å²) in [4.78, 5) is 16.5. The fourth-order valence-electron chi connectivity index (χ4n) is 2.74. The van der Waals surface area contributed by atoms with Crippen molar-refractivity contribution in [3.8, 4) is 23.8 Å². The van der Waals surface area contributed by atoms with Crippen LogP contribution in [-0.2, 0) is 11.2 Å². The van der Waals surface area contributed by atoms with Crippen molar-refractivity contribution in [3.63, 3.8) is 0 Å². The van der Waals surface area contributed by atoms with Crippen molar-refractivity contribution < 1.29 is 14.3 Å². The van der Waals surface area contributed by atoms with Crippen LogP contribution in [0.1, 0.15) is 18.1 Å². The molecule has 2 aromatic carbocycles. The number of rotatable bonds is 9. The van der Waals surface area contributed by atoms with Gasteiger partial charge >= 0.3 is 0 Å². The van der Waals surface area contributed by atoms with Crippen molar-refractivity contribution in [1.82, 2.24) is 10.6 Å². The second-order valence-corrected chi connectivity index (χ2v) is 6.33. The summed E-state index contributed by atoms with van der Waals surface area (Å²) >= 11 is 0. The van der Waals surface area contributed by atoms with Gasteiger partial charge in [0.25, 0.3) is 0 Å². The molecule has 0 saturated carbocycles. The van der Waals surface area contributed by atoms with Crippen LogP contribution in [0.4, 0.5) is 5.69 Å². The fourth-order valence-corrected chi connectivity index (χ4v) is 2.74. The number of benzene rings is 2. The van der Waals surface area contributed by atoms with Crippen LogP contribution in [0, 0.1) is 12.3 Å². The molecule has 0 spiro atoms. The van der Waals surface area contributed by atoms with E-state index in [1.54, 1.807) is 38.5 Å². The van der Waals surface area contributed by atoms with E-state index in [1.807, 2.05) is 25.1 Å². The number of anilines is 1. The van der Waals surface area contributed by atoms with E-state index in [0.29, 0.717) is 41.8 Å². The van der Waals surface area contributed by atoms with Gasteiger partial charge in [-0.15, -0.1) is 30.4 Å². The van der Waals surface area contributed by atoms with Crippen LogP contribution in [-0.4, -0.2) is 45.7 Å². The van der Waals surface area contributed by atoms with Crippen molar-refractivity contribution >= 4 is 41.5 Å². The van der Waals surface area contributed by atoms with Crippen LogP contribution < -0.4 is 25.4 Å². The van der Waals surface area contributed by atoms with E-state index in [4.69, 9.17) is 15.9 Å². The number of amides is 1. The van der Waals surface area contributed by atoms with Gasteiger partial charge in [0, 0.05) is 24.3 Å². The van der Waals surface area contributed by atoms with Crippen LogP contribution in [0.2, 0.25) is 0 Å². The topological polar surface area (TPSA) is 84.0 Å². The smallest absolute Gasteiger partial charge is 0.246 e. The minimum Gasteiger partial charge on any atom is -0.493 e. The molecule has 166 valence electrons. The van der Waals surface area contributed by atoms with Gasteiger partial charge in [0.2, 0.25) is 5.91 Å². The highest BCUT2D eigenvalue weighted by atomic mass is 127. The zero-order valence-corrected chi connectivity index (χ0v) is 20.4. The van der Waals surface area contributed by atoms with E-state index in [0.717, 1.165) is 12.0 Å². The van der Waals surface area contributed by atoms with Gasteiger partial charge in [-0.25, -0.2) is 4.99 Å². The van der Waals surface area contributed by atoms with Crippen molar-refractivity contribution in [3.05, 3.63) is 53.6 Å². The Labute approximate surface area is 201 Å². The number of halogens is 1. The SMILES string of the molecule is C#Cc1cccc(NC(=O)CN=C(NCC)NCCc2ccc(OC)c(OC)c2)c1.I. The predicted octanol–water partition coefficient (Wildman–Crippen LogP) is 3.04. The van der Waals surface area contributed by atoms with Crippen LogP contribution in [0.3, 0.4) is 0 Å². The second-order valence-electron chi connectivity index (χ2n) is 6.33. The van der Waals surface area contributed by atoms with E-state index in [1.165, 1.54) is 0 Å². The highest BCUT2D eigenvalue weighted by molar-refractivity contribution is 14.0. The highest BCUT2D eigenvalue weighted by Crippen LogP contribution is 2.27. The standard InChI is InChI=1S/C23H28N4O3.HI/c1-5-17-8-7-9-19(14-17)27-22(28)16-26-23(24-6-2)25-13-12-18-10-11-20(29-3)21(15-18)30-4;/h1,7-11,14-15H,6,12-13,16H2,2-4H3,(H,27,28)(H2,24,25,26);1H. The number of carbonyl (C=O) groups excluding carboxylic acids is 1. The predicted molar refractivity (Wildman–Crippen MR) is 136 cm³/mol. The maximum absolute atomic E-state index is 12.2. The van der Waals surface area contributed by atoms with Crippen LogP contribution >= 0.6 is 24.0 Å². The monoisotopic (exact) mass is 536 g/mol. The lowest BCUT2D eigenvalue weighted by molar-refractivity contribution is -0.114. The lowest BCUT2D eigenvalue weighted by Crippen LogP contribution is -2.39. The molecule has 2 rings (SSSR count). The Morgan fingerprint density at radius 3 is 2.55 bits per heavy atom. The summed E-state index contributed by atoms with van der Waals surface area (Å²) in [6.45, 7) is 3.30. The van der Waals surface area contributed by atoms with Crippen molar-refractivity contribution in [2.75, 3.05) is 39.2 Å². The Balaban J connectivity index is 0.00000480. The Morgan fingerprint density at radius 1 is 1.10 bits per heavy atom. The normalized spacial score (nSPS) is 10.3. The van der Waals surface area contributed by atoms with E-state index < -0.39 is 0 Å². The van der Waals surface area contributed by atoms with E-state index in [2.05, 4.69) is 26.9 Å². The largest absolute Gasteiger partial charge is 0.493 e. The first-order valence-corrected chi connectivity index (χ1v) is 9.69. The molecular formula is C23H29IN4O3. The Kier molecular flexibility index (Phi) is 11.9. The first-order valence-electron chi connectivity index (χ1n) is 9.69. The number of guanidine groups is 1. The maximum atomic E-state index is 12.2. The third-order valence-electron chi connectivity index (χ3n) is 4.19. The molecule has 7 nitrogen and oxygen atoms in total. The molecule has 0 bridgehead atoms. The van der Waals surface area contributed by atoms with Gasteiger partial charge in [0.15, 0.2) is 17.5 Å². The molecule has 2 aromatic rings. The van der Waals surface area contributed by atoms with Crippen LogP contribution in [0.15, 0.2) is 47.5 Å². The number of hydrogen-bond donors (Lipinski definition) is 3. The number of nitrogens with zero attached hydrogens (tertiary/aromatic N) is 1. The van der Waals surface area contributed by atoms with Gasteiger partial charge in [0.1, 0.15) is 6.54 Å². The van der Waals surface area contributed by atoms with Gasteiger partial charge < -0.3 is 25.4 Å². The van der Waals surface area contributed by atoms with Gasteiger partial charge in [-0.1, -0.05) is 18.1 Å². The minimum atomic E-state index is -0.221. The molecule has 0 fully saturated rings. The molecule has 0 aromatic heterocycles. The highest BCUT2D eigenvalue weighted by Gasteiger charge is 2.06. The molecule has 0 saturated heterocycles. The first kappa shape index (κ1) is 26.1. The molecule has 0 aliphatic heterocycles. The summed E-state index contributed by atoms with van der Waals surface area (Å²) in [5, 5.41) is 9.16. The lowest BCUT2D eigenvalue weighted by atomic mass is 10.1. The second kappa shape index (κ2) is 14.1. The summed E-state index contributed by atoms with van der Waals surface area (Å²) < 4.78 is 10.6. The average molecular weight is 536 g/mol. The van der Waals surface area contributed by atoms with E-state index in [-0.39, 0.29) is 36.4 Å². The number of methoxy groups -OCH3 is 2. The molecule has 0 aliphatic carbocycles. The van der Waals surface area contributed by atoms with Crippen molar-refractivity contribution in [2.24, 2.45) is 4.99 Å². The van der Waals surface area contributed by atoms with E-state index in [9.17, 15) is 4.79 Å². The molecule has 1 amide bonds. The molecule has 31 heavy (non-hydrogen) atoms. The van der Waals surface area contributed by atoms with Gasteiger partial charge in [-0.05, 0) is 49.2 Å². The quantitative estimate of drug-likeness (QED) is 0.199. The molecular weight excluding hydrogens is 507 g/mol. The van der Waals surface area contributed by atoms with Crippen LogP contribution in [0.25, 0.3) is 0 Å². The Bertz CT molecular complexity index is 925. The van der Waals surface area contributed by atoms with Crippen molar-refractivity contribution in [1.29, 1.82) is 0 Å². The number of aliphatic imine (C=N–C) groups is 1. The summed E-state index contributed by atoms with van der Waals surface area (Å²) in [5.74, 6) is 4.29. The third-order valence-corrected chi connectivity index (χ3v) is 4.19. The molecule has 0 unspecified atom stereocenters. The Morgan fingerprint density at radius 2 is 1.87 bits per heavy atom. The maximum Gasteiger partial charge on any atom is 0.246 e. The number of hydrogen-bond acceptors (Lipinski definition) is 4. The molecule has 3 N–H and O–H groups in total. The Hall–Kier alpha value is -2.93. The number of terminal acetylenes is 1. The van der Waals surface area contributed by atoms with E-state index >= 15 is 0 Å². The van der Waals surface area contributed by atoms with Gasteiger partial charge in [-0.3, -0.25) is 4.79 Å². The molecule has 8 heteroatoms. The zero-order valence-electron chi connectivity index (χ0n) is 18.0. The molecule has 0 heterocycles. The zero-order chi connectivity index (χ0) is 21.8. The minimum absolute atomic E-state index is 0. The molecule has 0 radical (unpaired) electrons. The summed E-state index contributed by atoms with van der Waals surface area (Å²) in [5.41, 5.74) is 2.46. The molecule has 0 atom stereocenters. The van der Waals surface area contributed by atoms with Gasteiger partial charge in [0.05, 0.1) is 14.2 Å². The first-order chi connectivity index (χ1) is 14.6. The fraction of sp³-hybridized carbons (Fsp3) is 0.304. The average Bonchev–Trinajstić information content (AvgIpc) is 2.77. The number of carbonyl (C=O) groups is 1. The summed E-state index contributed by atoms with van der Waals surface area (Å²) in [6, 6.07) is 13.0. The number of ether oxygens (including phenoxy) is 2. The number of nitrogens with one attached hydrogen (secondary N) is 3. The summed E-state index contributed by atoms with van der Waals surface area (Å²) in [6.07, 6.45) is 6.15. The van der Waals surface area contributed by atoms with Gasteiger partial charge in [-0.2, -0.15) is 0 Å². The third kappa shape index (κ3) is 8.76. The van der Waals surface area contributed by atoms with Crippen LogP contribution in [0.5, 0.6) is 11.5 Å². The summed E-state index contributed by atoms with van der Waals surface area (Å²) in [7, 11) is 3.23.